The van der Waals surface area contributed by atoms with E-state index in [0.717, 1.165) is 31.0 Å². The Morgan fingerprint density at radius 2 is 0.900 bits per heavy atom. The van der Waals surface area contributed by atoms with Crippen molar-refractivity contribution in [3.8, 4) is 0 Å². The average molecular weight is 432 g/mol. The number of unbranched alkanes of at least 4 members (excludes halogenated alkanes) is 15. The van der Waals surface area contributed by atoms with Crippen molar-refractivity contribution >= 4 is 5.97 Å². The van der Waals surface area contributed by atoms with Crippen LogP contribution in [-0.4, -0.2) is 60.6 Å². The van der Waals surface area contributed by atoms with Gasteiger partial charge >= 0.3 is 0 Å². The van der Waals surface area contributed by atoms with Gasteiger partial charge in [-0.05, 0) is 19.8 Å². The quantitative estimate of drug-likeness (QED) is 0.208. The number of aliphatic hydroxyl groups is 2. The summed E-state index contributed by atoms with van der Waals surface area (Å²) in [6, 6.07) is 0. The molecule has 0 aromatic carbocycles. The van der Waals surface area contributed by atoms with Crippen molar-refractivity contribution in [1.82, 2.24) is 0 Å². The van der Waals surface area contributed by atoms with Gasteiger partial charge in [0.15, 0.2) is 0 Å². The molecular weight excluding hydrogens is 378 g/mol. The summed E-state index contributed by atoms with van der Waals surface area (Å²) >= 11 is 0. The van der Waals surface area contributed by atoms with Gasteiger partial charge < -0.3 is 24.6 Å². The van der Waals surface area contributed by atoms with Gasteiger partial charge in [0.1, 0.15) is 13.1 Å². The van der Waals surface area contributed by atoms with E-state index in [1.54, 1.807) is 0 Å². The van der Waals surface area contributed by atoms with Gasteiger partial charge in [0, 0.05) is 5.97 Å². The molecule has 0 aromatic rings. The van der Waals surface area contributed by atoms with E-state index in [4.69, 9.17) is 20.1 Å². The summed E-state index contributed by atoms with van der Waals surface area (Å²) < 4.78 is 0.811. The number of aliphatic carboxylic acids is 1. The minimum absolute atomic E-state index is 0.218. The smallest absolute Gasteiger partial charge is 0.102 e. The average Bonchev–Trinajstić information content (AvgIpc) is 2.67. The lowest BCUT2D eigenvalue weighted by molar-refractivity contribution is -0.910. The van der Waals surface area contributed by atoms with Crippen LogP contribution in [0.2, 0.25) is 0 Å². The lowest BCUT2D eigenvalue weighted by Gasteiger charge is -2.33. The van der Waals surface area contributed by atoms with Gasteiger partial charge in [0.05, 0.1) is 26.8 Å². The summed E-state index contributed by atoms with van der Waals surface area (Å²) in [5.74, 6) is -1.08. The predicted octanol–water partition coefficient (Wildman–Crippen LogP) is 4.44. The van der Waals surface area contributed by atoms with E-state index in [1.165, 1.54) is 103 Å². The summed E-state index contributed by atoms with van der Waals surface area (Å²) in [5.41, 5.74) is 0. The Labute approximate surface area is 187 Å². The van der Waals surface area contributed by atoms with Crippen molar-refractivity contribution in [2.45, 2.75) is 117 Å². The first-order valence-corrected chi connectivity index (χ1v) is 12.6. The molecule has 0 aliphatic rings. The van der Waals surface area contributed by atoms with Gasteiger partial charge in [-0.15, -0.1) is 0 Å². The van der Waals surface area contributed by atoms with Crippen molar-refractivity contribution < 1.29 is 24.6 Å². The molecule has 0 saturated heterocycles. The molecule has 0 fully saturated rings. The zero-order chi connectivity index (χ0) is 22.9. The van der Waals surface area contributed by atoms with E-state index < -0.39 is 5.97 Å². The number of likely N-dealkylation sites (N-methyl/N-ethyl adjacent to an activating group) is 1. The molecule has 0 rings (SSSR count). The van der Waals surface area contributed by atoms with Gasteiger partial charge in [-0.3, -0.25) is 0 Å². The van der Waals surface area contributed by atoms with E-state index >= 15 is 0 Å². The third kappa shape index (κ3) is 27.4. The Balaban J connectivity index is 0. The summed E-state index contributed by atoms with van der Waals surface area (Å²) in [5, 5.41) is 27.2. The second-order valence-electron chi connectivity index (χ2n) is 9.03. The monoisotopic (exact) mass is 431 g/mol. The predicted molar refractivity (Wildman–Crippen MR) is 125 cm³/mol. The molecule has 30 heavy (non-hydrogen) atoms. The van der Waals surface area contributed by atoms with E-state index in [1.807, 2.05) is 0 Å². The topological polar surface area (TPSA) is 80.6 Å². The highest BCUT2D eigenvalue weighted by molar-refractivity contribution is 5.60. The molecule has 0 aromatic heterocycles. The van der Waals surface area contributed by atoms with E-state index in [-0.39, 0.29) is 13.2 Å². The fraction of sp³-hybridized carbons (Fsp3) is 0.960. The number of carboxylic acid groups (broad SMARTS) is 1. The number of hydrogen-bond donors (Lipinski definition) is 2. The molecule has 0 aliphatic heterocycles. The van der Waals surface area contributed by atoms with Crippen LogP contribution in [-0.2, 0) is 4.79 Å². The molecule has 0 unspecified atom stereocenters. The molecule has 0 spiro atoms. The van der Waals surface area contributed by atoms with Gasteiger partial charge in [-0.25, -0.2) is 0 Å². The Bertz CT molecular complexity index is 340. The first-order chi connectivity index (χ1) is 14.4. The maximum absolute atomic E-state index is 9.17. The maximum atomic E-state index is 9.17. The van der Waals surface area contributed by atoms with E-state index in [0.29, 0.717) is 0 Å². The normalized spacial score (nSPS) is 11.2. The molecule has 5 nitrogen and oxygen atoms in total. The first-order valence-electron chi connectivity index (χ1n) is 12.6. The molecular formula is C25H53NO4. The SMILES string of the molecule is CC(=O)[O-].CCCCCCCCCCCCCCCCCC[N+](C)(CCO)CCO. The van der Waals surface area contributed by atoms with Gasteiger partial charge in [0.2, 0.25) is 0 Å². The van der Waals surface area contributed by atoms with Crippen LogP contribution in [0.1, 0.15) is 117 Å². The van der Waals surface area contributed by atoms with Crippen LogP contribution < -0.4 is 5.11 Å². The van der Waals surface area contributed by atoms with Gasteiger partial charge in [0.25, 0.3) is 0 Å². The number of rotatable bonds is 21. The molecule has 0 bridgehead atoms. The number of carbonyl (C=O) groups is 1. The number of quaternary nitrogens is 1. The van der Waals surface area contributed by atoms with E-state index in [2.05, 4.69) is 14.0 Å². The molecule has 0 radical (unpaired) electrons. The second kappa shape index (κ2) is 24.6. The minimum atomic E-state index is -1.08. The second-order valence-corrected chi connectivity index (χ2v) is 9.03. The molecule has 2 N–H and O–H groups in total. The van der Waals surface area contributed by atoms with Crippen molar-refractivity contribution in [2.24, 2.45) is 0 Å². The summed E-state index contributed by atoms with van der Waals surface area (Å²) in [6.45, 7) is 6.30. The van der Waals surface area contributed by atoms with Crippen LogP contribution in [0.15, 0.2) is 0 Å². The Hall–Kier alpha value is -0.650. The fourth-order valence-corrected chi connectivity index (χ4v) is 3.86. The van der Waals surface area contributed by atoms with Crippen LogP contribution in [0.25, 0.3) is 0 Å². The van der Waals surface area contributed by atoms with Crippen LogP contribution in [0.3, 0.4) is 0 Å². The third-order valence-electron chi connectivity index (χ3n) is 5.83. The summed E-state index contributed by atoms with van der Waals surface area (Å²) in [7, 11) is 2.15. The lowest BCUT2D eigenvalue weighted by Crippen LogP contribution is -2.48. The molecule has 0 aliphatic carbocycles. The Morgan fingerprint density at radius 3 is 1.17 bits per heavy atom. The zero-order valence-electron chi connectivity index (χ0n) is 20.5. The molecule has 0 saturated carbocycles. The fourth-order valence-electron chi connectivity index (χ4n) is 3.86. The number of carbonyl (C=O) groups excluding carboxylic acids is 1. The largest absolute Gasteiger partial charge is 0.550 e. The first kappa shape index (κ1) is 31.5. The van der Waals surface area contributed by atoms with Crippen LogP contribution in [0.5, 0.6) is 0 Å². The number of hydrogen-bond acceptors (Lipinski definition) is 4. The summed E-state index contributed by atoms with van der Waals surface area (Å²) in [4.78, 5) is 8.89. The lowest BCUT2D eigenvalue weighted by atomic mass is 10.0. The zero-order valence-corrected chi connectivity index (χ0v) is 20.5. The van der Waals surface area contributed by atoms with Crippen molar-refractivity contribution in [3.63, 3.8) is 0 Å². The molecule has 0 amide bonds. The van der Waals surface area contributed by atoms with Crippen LogP contribution >= 0.6 is 0 Å². The molecule has 182 valence electrons. The van der Waals surface area contributed by atoms with Crippen molar-refractivity contribution in [1.29, 1.82) is 0 Å². The maximum Gasteiger partial charge on any atom is 0.102 e. The molecule has 0 heterocycles. The van der Waals surface area contributed by atoms with Crippen molar-refractivity contribution in [2.75, 3.05) is 39.9 Å². The third-order valence-corrected chi connectivity index (χ3v) is 5.83. The summed E-state index contributed by atoms with van der Waals surface area (Å²) in [6.07, 6.45) is 22.4. The highest BCUT2D eigenvalue weighted by Crippen LogP contribution is 2.14. The van der Waals surface area contributed by atoms with Crippen LogP contribution in [0, 0.1) is 0 Å². The molecule has 0 atom stereocenters. The van der Waals surface area contributed by atoms with Crippen molar-refractivity contribution in [3.05, 3.63) is 0 Å². The Kier molecular flexibility index (Phi) is 25.9. The standard InChI is InChI=1S/C23H50NO2.C2H4O2/c1-3-4-5-6-7-8-9-10-11-12-13-14-15-16-17-18-19-24(2,20-22-25)21-23-26;1-2(3)4/h25-26H,3-23H2,1-2H3;1H3,(H,3,4)/q+1;/p-1. The van der Waals surface area contributed by atoms with Crippen LogP contribution in [0.4, 0.5) is 0 Å². The van der Waals surface area contributed by atoms with Gasteiger partial charge in [-0.1, -0.05) is 96.8 Å². The van der Waals surface area contributed by atoms with Gasteiger partial charge in [-0.2, -0.15) is 0 Å². The minimum Gasteiger partial charge on any atom is -0.550 e. The Morgan fingerprint density at radius 1 is 0.633 bits per heavy atom. The number of aliphatic hydroxyl groups excluding tert-OH is 2. The van der Waals surface area contributed by atoms with E-state index in [9.17, 15) is 0 Å². The highest BCUT2D eigenvalue weighted by Gasteiger charge is 2.19. The molecule has 5 heteroatoms. The number of nitrogens with zero attached hydrogens (tertiary/aromatic N) is 1. The highest BCUT2D eigenvalue weighted by atomic mass is 16.4. The number of carboxylic acids is 1.